The molecule has 1 fully saturated rings. The molecule has 0 heterocycles. The van der Waals surface area contributed by atoms with Gasteiger partial charge in [-0.15, -0.1) is 0 Å². The third-order valence-electron chi connectivity index (χ3n) is 5.21. The second kappa shape index (κ2) is 7.62. The van der Waals surface area contributed by atoms with Crippen molar-refractivity contribution in [1.29, 1.82) is 0 Å². The fourth-order valence-electron chi connectivity index (χ4n) is 3.22. The molecule has 0 unspecified atom stereocenters. The fourth-order valence-corrected chi connectivity index (χ4v) is 3.22. The van der Waals surface area contributed by atoms with Gasteiger partial charge in [0.05, 0.1) is 5.56 Å². The quantitative estimate of drug-likeness (QED) is 0.866. The summed E-state index contributed by atoms with van der Waals surface area (Å²) in [6.45, 7) is 8.02. The standard InChI is InChI=1S/C19H27NO3/c1-12-7-5-9-16(14(12)3)19(22)23-11-18(21)20-17-10-6-8-13(2)15(17)4/h5,7,9,13,15,17H,6,8,10-11H2,1-4H3,(H,20,21)/t13-,15+,17-/m0/s1. The Kier molecular flexibility index (Phi) is 5.80. The van der Waals surface area contributed by atoms with Crippen molar-refractivity contribution < 1.29 is 14.3 Å². The summed E-state index contributed by atoms with van der Waals surface area (Å²) >= 11 is 0. The molecule has 4 nitrogen and oxygen atoms in total. The van der Waals surface area contributed by atoms with Crippen LogP contribution in [0.5, 0.6) is 0 Å². The Balaban J connectivity index is 1.86. The van der Waals surface area contributed by atoms with E-state index in [4.69, 9.17) is 4.74 Å². The van der Waals surface area contributed by atoms with Crippen LogP contribution in [0.15, 0.2) is 18.2 Å². The molecule has 2 rings (SSSR count). The molecule has 1 amide bonds. The molecular formula is C19H27NO3. The van der Waals surface area contributed by atoms with E-state index in [0.29, 0.717) is 17.4 Å². The maximum absolute atomic E-state index is 12.1. The molecule has 23 heavy (non-hydrogen) atoms. The predicted molar refractivity (Wildman–Crippen MR) is 90.3 cm³/mol. The van der Waals surface area contributed by atoms with Crippen molar-refractivity contribution in [3.63, 3.8) is 0 Å². The highest BCUT2D eigenvalue weighted by molar-refractivity contribution is 5.93. The number of aryl methyl sites for hydroxylation is 1. The zero-order valence-electron chi connectivity index (χ0n) is 14.5. The normalized spacial score (nSPS) is 24.1. The van der Waals surface area contributed by atoms with Crippen LogP contribution in [0.1, 0.15) is 54.6 Å². The van der Waals surface area contributed by atoms with E-state index in [-0.39, 0.29) is 18.6 Å². The first-order valence-electron chi connectivity index (χ1n) is 8.43. The number of carbonyl (C=O) groups is 2. The number of ether oxygens (including phenoxy) is 1. The maximum Gasteiger partial charge on any atom is 0.338 e. The van der Waals surface area contributed by atoms with Gasteiger partial charge in [-0.25, -0.2) is 4.79 Å². The summed E-state index contributed by atoms with van der Waals surface area (Å²) in [6, 6.07) is 5.69. The van der Waals surface area contributed by atoms with Gasteiger partial charge in [0.2, 0.25) is 0 Å². The SMILES string of the molecule is Cc1cccc(C(=O)OCC(=O)N[C@H]2CCC[C@H](C)[C@H]2C)c1C. The van der Waals surface area contributed by atoms with Gasteiger partial charge in [0.25, 0.3) is 5.91 Å². The Morgan fingerprint density at radius 1 is 1.22 bits per heavy atom. The Morgan fingerprint density at radius 3 is 2.70 bits per heavy atom. The summed E-state index contributed by atoms with van der Waals surface area (Å²) in [4.78, 5) is 24.2. The van der Waals surface area contributed by atoms with Gasteiger partial charge >= 0.3 is 5.97 Å². The Morgan fingerprint density at radius 2 is 1.96 bits per heavy atom. The van der Waals surface area contributed by atoms with Gasteiger partial charge in [0.1, 0.15) is 0 Å². The van der Waals surface area contributed by atoms with Gasteiger partial charge in [0.15, 0.2) is 6.61 Å². The van der Waals surface area contributed by atoms with Crippen molar-refractivity contribution >= 4 is 11.9 Å². The van der Waals surface area contributed by atoms with Gasteiger partial charge in [-0.05, 0) is 49.3 Å². The molecule has 126 valence electrons. The molecule has 1 aromatic rings. The molecule has 3 atom stereocenters. The van der Waals surface area contributed by atoms with Crippen LogP contribution in [0.2, 0.25) is 0 Å². The lowest BCUT2D eigenvalue weighted by Crippen LogP contribution is -2.45. The second-order valence-corrected chi connectivity index (χ2v) is 6.76. The molecule has 4 heteroatoms. The van der Waals surface area contributed by atoms with Crippen LogP contribution < -0.4 is 5.32 Å². The van der Waals surface area contributed by atoms with Crippen LogP contribution in [0.3, 0.4) is 0 Å². The molecule has 1 N–H and O–H groups in total. The van der Waals surface area contributed by atoms with Crippen molar-refractivity contribution in [3.05, 3.63) is 34.9 Å². The van der Waals surface area contributed by atoms with Gasteiger partial charge in [-0.2, -0.15) is 0 Å². The number of esters is 1. The average molecular weight is 317 g/mol. The molecule has 0 bridgehead atoms. The number of amides is 1. The van der Waals surface area contributed by atoms with Crippen LogP contribution in [0.4, 0.5) is 0 Å². The number of carbonyl (C=O) groups excluding carboxylic acids is 2. The Hall–Kier alpha value is -1.84. The van der Waals surface area contributed by atoms with Gasteiger partial charge < -0.3 is 10.1 Å². The van der Waals surface area contributed by atoms with E-state index in [0.717, 1.165) is 24.0 Å². The third kappa shape index (κ3) is 4.34. The minimum Gasteiger partial charge on any atom is -0.452 e. The van der Waals surface area contributed by atoms with Gasteiger partial charge in [0, 0.05) is 6.04 Å². The molecule has 1 aromatic carbocycles. The zero-order valence-corrected chi connectivity index (χ0v) is 14.5. The summed E-state index contributed by atoms with van der Waals surface area (Å²) in [5.74, 6) is 0.426. The Bertz CT molecular complexity index is 582. The lowest BCUT2D eigenvalue weighted by Gasteiger charge is -2.34. The molecule has 0 aromatic heterocycles. The van der Waals surface area contributed by atoms with E-state index in [1.54, 1.807) is 6.07 Å². The molecule has 0 radical (unpaired) electrons. The summed E-state index contributed by atoms with van der Waals surface area (Å²) in [6.07, 6.45) is 3.36. The molecule has 0 aliphatic heterocycles. The summed E-state index contributed by atoms with van der Waals surface area (Å²) in [5.41, 5.74) is 2.46. The van der Waals surface area contributed by atoms with E-state index in [9.17, 15) is 9.59 Å². The number of benzene rings is 1. The third-order valence-corrected chi connectivity index (χ3v) is 5.21. The van der Waals surface area contributed by atoms with Gasteiger partial charge in [-0.1, -0.05) is 38.8 Å². The topological polar surface area (TPSA) is 55.4 Å². The average Bonchev–Trinajstić information content (AvgIpc) is 2.52. The first-order chi connectivity index (χ1) is 10.9. The van der Waals surface area contributed by atoms with Gasteiger partial charge in [-0.3, -0.25) is 4.79 Å². The minimum atomic E-state index is -0.439. The second-order valence-electron chi connectivity index (χ2n) is 6.76. The number of hydrogen-bond acceptors (Lipinski definition) is 3. The van der Waals surface area contributed by atoms with E-state index in [2.05, 4.69) is 19.2 Å². The van der Waals surface area contributed by atoms with E-state index in [1.807, 2.05) is 26.0 Å². The molecule has 1 aliphatic rings. The molecule has 1 aliphatic carbocycles. The van der Waals surface area contributed by atoms with E-state index < -0.39 is 5.97 Å². The first-order valence-corrected chi connectivity index (χ1v) is 8.43. The lowest BCUT2D eigenvalue weighted by atomic mass is 9.78. The fraction of sp³-hybridized carbons (Fsp3) is 0.579. The van der Waals surface area contributed by atoms with Crippen molar-refractivity contribution in [2.45, 2.75) is 53.0 Å². The summed E-state index contributed by atoms with van der Waals surface area (Å²) in [5, 5.41) is 3.02. The van der Waals surface area contributed by atoms with Crippen LogP contribution in [-0.4, -0.2) is 24.5 Å². The number of rotatable bonds is 4. The van der Waals surface area contributed by atoms with Crippen LogP contribution >= 0.6 is 0 Å². The van der Waals surface area contributed by atoms with Crippen molar-refractivity contribution in [2.75, 3.05) is 6.61 Å². The van der Waals surface area contributed by atoms with Crippen molar-refractivity contribution in [3.8, 4) is 0 Å². The highest BCUT2D eigenvalue weighted by Crippen LogP contribution is 2.29. The smallest absolute Gasteiger partial charge is 0.338 e. The van der Waals surface area contributed by atoms with E-state index in [1.165, 1.54) is 6.42 Å². The van der Waals surface area contributed by atoms with Crippen molar-refractivity contribution in [1.82, 2.24) is 5.32 Å². The largest absolute Gasteiger partial charge is 0.452 e. The summed E-state index contributed by atoms with van der Waals surface area (Å²) < 4.78 is 5.18. The molecule has 0 spiro atoms. The molecular weight excluding hydrogens is 290 g/mol. The first kappa shape index (κ1) is 17.5. The highest BCUT2D eigenvalue weighted by Gasteiger charge is 2.28. The highest BCUT2D eigenvalue weighted by atomic mass is 16.5. The minimum absolute atomic E-state index is 0.186. The van der Waals surface area contributed by atoms with Crippen LogP contribution in [-0.2, 0) is 9.53 Å². The van der Waals surface area contributed by atoms with Crippen LogP contribution in [0, 0.1) is 25.7 Å². The number of nitrogens with one attached hydrogen (secondary N) is 1. The molecule has 1 saturated carbocycles. The monoisotopic (exact) mass is 317 g/mol. The lowest BCUT2D eigenvalue weighted by molar-refractivity contribution is -0.125. The zero-order chi connectivity index (χ0) is 17.0. The number of hydrogen-bond donors (Lipinski definition) is 1. The van der Waals surface area contributed by atoms with Crippen LogP contribution in [0.25, 0.3) is 0 Å². The Labute approximate surface area is 138 Å². The summed E-state index contributed by atoms with van der Waals surface area (Å²) in [7, 11) is 0. The van der Waals surface area contributed by atoms with E-state index >= 15 is 0 Å². The molecule has 0 saturated heterocycles. The predicted octanol–water partition coefficient (Wildman–Crippen LogP) is 3.40. The van der Waals surface area contributed by atoms with Crippen molar-refractivity contribution in [2.24, 2.45) is 11.8 Å². The maximum atomic E-state index is 12.1.